The molecule has 0 radical (unpaired) electrons. The number of benzene rings is 2. The number of alkyl carbamates (subject to hydrolysis) is 1. The fourth-order valence-electron chi connectivity index (χ4n) is 3.00. The van der Waals surface area contributed by atoms with Gasteiger partial charge in [-0.1, -0.05) is 42.5 Å². The molecule has 2 aromatic carbocycles. The van der Waals surface area contributed by atoms with Crippen LogP contribution in [0.5, 0.6) is 5.75 Å². The number of aryl methyl sites for hydroxylation is 1. The van der Waals surface area contributed by atoms with E-state index in [0.717, 1.165) is 16.9 Å². The molecule has 156 valence electrons. The molecule has 2 rings (SSSR count). The molecule has 29 heavy (non-hydrogen) atoms. The third kappa shape index (κ3) is 8.81. The normalized spacial score (nSPS) is 12.1. The number of ether oxygens (including phenoxy) is 2. The number of carbonyl (C=O) groups excluding carboxylic acids is 2. The summed E-state index contributed by atoms with van der Waals surface area (Å²) in [5.74, 6) is 0.905. The summed E-state index contributed by atoms with van der Waals surface area (Å²) < 4.78 is 10.5. The van der Waals surface area contributed by atoms with Crippen LogP contribution < -0.4 is 10.1 Å². The van der Waals surface area contributed by atoms with Crippen molar-refractivity contribution in [1.29, 1.82) is 0 Å². The lowest BCUT2D eigenvalue weighted by atomic mass is 9.98. The number of nitrogens with one attached hydrogen (secondary N) is 1. The smallest absolute Gasteiger partial charge is 0.407 e. The summed E-state index contributed by atoms with van der Waals surface area (Å²) in [6, 6.07) is 17.2. The molecule has 1 N–H and O–H groups in total. The highest BCUT2D eigenvalue weighted by molar-refractivity contribution is 5.80. The van der Waals surface area contributed by atoms with Crippen LogP contribution >= 0.6 is 0 Å². The first kappa shape index (κ1) is 22.5. The largest absolute Gasteiger partial charge is 0.497 e. The van der Waals surface area contributed by atoms with Gasteiger partial charge >= 0.3 is 6.09 Å². The third-order valence-electron chi connectivity index (χ3n) is 4.37. The van der Waals surface area contributed by atoms with Crippen molar-refractivity contribution in [2.45, 2.75) is 58.1 Å². The van der Waals surface area contributed by atoms with E-state index in [1.807, 2.05) is 75.4 Å². The SMILES string of the molecule is COc1ccc(CCC(=O)CC(Cc2ccccc2)NC(=O)OC(C)(C)C)cc1. The molecule has 1 unspecified atom stereocenters. The second kappa shape index (κ2) is 10.6. The highest BCUT2D eigenvalue weighted by atomic mass is 16.6. The zero-order valence-corrected chi connectivity index (χ0v) is 17.7. The van der Waals surface area contributed by atoms with E-state index >= 15 is 0 Å². The Morgan fingerprint density at radius 2 is 1.62 bits per heavy atom. The monoisotopic (exact) mass is 397 g/mol. The number of methoxy groups -OCH3 is 1. The number of rotatable bonds is 9. The quantitative estimate of drug-likeness (QED) is 0.665. The van der Waals surface area contributed by atoms with Crippen LogP contribution in [0.15, 0.2) is 54.6 Å². The highest BCUT2D eigenvalue weighted by Crippen LogP contribution is 2.15. The lowest BCUT2D eigenvalue weighted by molar-refractivity contribution is -0.119. The number of amides is 1. The summed E-state index contributed by atoms with van der Waals surface area (Å²) in [4.78, 5) is 24.8. The molecule has 1 atom stereocenters. The van der Waals surface area contributed by atoms with Crippen molar-refractivity contribution in [1.82, 2.24) is 5.32 Å². The van der Waals surface area contributed by atoms with Crippen LogP contribution in [0.1, 0.15) is 44.7 Å². The summed E-state index contributed by atoms with van der Waals surface area (Å²) >= 11 is 0. The van der Waals surface area contributed by atoms with Gasteiger partial charge in [0, 0.05) is 18.9 Å². The molecule has 0 heterocycles. The minimum Gasteiger partial charge on any atom is -0.497 e. The van der Waals surface area contributed by atoms with Gasteiger partial charge in [0.2, 0.25) is 0 Å². The van der Waals surface area contributed by atoms with Crippen LogP contribution in [0, 0.1) is 0 Å². The summed E-state index contributed by atoms with van der Waals surface area (Å²) in [5.41, 5.74) is 1.56. The zero-order valence-electron chi connectivity index (χ0n) is 17.7. The van der Waals surface area contributed by atoms with Crippen LogP contribution in [0.4, 0.5) is 4.79 Å². The molecule has 2 aromatic rings. The van der Waals surface area contributed by atoms with Crippen molar-refractivity contribution < 1.29 is 19.1 Å². The van der Waals surface area contributed by atoms with Gasteiger partial charge in [0.15, 0.2) is 0 Å². The van der Waals surface area contributed by atoms with Crippen LogP contribution in [-0.4, -0.2) is 30.6 Å². The number of hydrogen-bond acceptors (Lipinski definition) is 4. The molecule has 0 aromatic heterocycles. The maximum atomic E-state index is 12.6. The summed E-state index contributed by atoms with van der Waals surface area (Å²) in [6.45, 7) is 5.45. The van der Waals surface area contributed by atoms with Crippen molar-refractivity contribution >= 4 is 11.9 Å². The fraction of sp³-hybridized carbons (Fsp3) is 0.417. The lowest BCUT2D eigenvalue weighted by Crippen LogP contribution is -2.41. The molecule has 5 nitrogen and oxygen atoms in total. The maximum Gasteiger partial charge on any atom is 0.407 e. The molecule has 0 aliphatic heterocycles. The van der Waals surface area contributed by atoms with E-state index in [-0.39, 0.29) is 18.2 Å². The molecule has 0 spiro atoms. The first-order valence-corrected chi connectivity index (χ1v) is 9.93. The van der Waals surface area contributed by atoms with Crippen LogP contribution in [0.25, 0.3) is 0 Å². The number of carbonyl (C=O) groups is 2. The Morgan fingerprint density at radius 1 is 0.966 bits per heavy atom. The van der Waals surface area contributed by atoms with Crippen molar-refractivity contribution in [2.75, 3.05) is 7.11 Å². The molecular formula is C24H31NO4. The van der Waals surface area contributed by atoms with Gasteiger partial charge in [-0.25, -0.2) is 4.79 Å². The minimum atomic E-state index is -0.584. The van der Waals surface area contributed by atoms with E-state index < -0.39 is 11.7 Å². The predicted molar refractivity (Wildman–Crippen MR) is 114 cm³/mol. The molecule has 0 aliphatic carbocycles. The molecule has 0 aliphatic rings. The standard InChI is InChI=1S/C24H31NO4/c1-24(2,3)29-23(27)25-20(16-19-8-6-5-7-9-19)17-21(26)13-10-18-11-14-22(28-4)15-12-18/h5-9,11-12,14-15,20H,10,13,16-17H2,1-4H3,(H,25,27). The Morgan fingerprint density at radius 3 is 2.21 bits per heavy atom. The van der Waals surface area contributed by atoms with Crippen LogP contribution in [0.2, 0.25) is 0 Å². The average Bonchev–Trinajstić information content (AvgIpc) is 2.66. The number of Topliss-reactive ketones (excluding diaryl/α,β-unsaturated/α-hetero) is 1. The summed E-state index contributed by atoms with van der Waals surface area (Å²) in [7, 11) is 1.63. The van der Waals surface area contributed by atoms with Gasteiger partial charge in [-0.2, -0.15) is 0 Å². The molecule has 0 bridgehead atoms. The Bertz CT molecular complexity index is 779. The Hall–Kier alpha value is -2.82. The molecule has 1 amide bonds. The summed E-state index contributed by atoms with van der Waals surface area (Å²) in [6.07, 6.45) is 1.43. The second-order valence-electron chi connectivity index (χ2n) is 8.12. The van der Waals surface area contributed by atoms with Crippen molar-refractivity contribution in [3.05, 3.63) is 65.7 Å². The van der Waals surface area contributed by atoms with Crippen molar-refractivity contribution in [2.24, 2.45) is 0 Å². The van der Waals surface area contributed by atoms with Gasteiger partial charge in [0.1, 0.15) is 17.1 Å². The lowest BCUT2D eigenvalue weighted by Gasteiger charge is -2.23. The number of ketones is 1. The van der Waals surface area contributed by atoms with Crippen molar-refractivity contribution in [3.8, 4) is 5.75 Å². The fourth-order valence-corrected chi connectivity index (χ4v) is 3.00. The predicted octanol–water partition coefficient (Wildman–Crippen LogP) is 4.72. The van der Waals surface area contributed by atoms with Gasteiger partial charge < -0.3 is 14.8 Å². The Kier molecular flexibility index (Phi) is 8.25. The van der Waals surface area contributed by atoms with E-state index in [4.69, 9.17) is 9.47 Å². The van der Waals surface area contributed by atoms with E-state index in [9.17, 15) is 9.59 Å². The number of hydrogen-bond donors (Lipinski definition) is 1. The van der Waals surface area contributed by atoms with Crippen molar-refractivity contribution in [3.63, 3.8) is 0 Å². The summed E-state index contributed by atoms with van der Waals surface area (Å²) in [5, 5.41) is 2.87. The van der Waals surface area contributed by atoms with Crippen LogP contribution in [0.3, 0.4) is 0 Å². The first-order chi connectivity index (χ1) is 13.7. The van der Waals surface area contributed by atoms with Crippen LogP contribution in [-0.2, 0) is 22.4 Å². The molecular weight excluding hydrogens is 366 g/mol. The molecule has 0 saturated carbocycles. The van der Waals surface area contributed by atoms with Gasteiger partial charge in [0.25, 0.3) is 0 Å². The third-order valence-corrected chi connectivity index (χ3v) is 4.37. The van der Waals surface area contributed by atoms with E-state index in [1.165, 1.54) is 0 Å². The minimum absolute atomic E-state index is 0.109. The van der Waals surface area contributed by atoms with E-state index in [0.29, 0.717) is 19.3 Å². The zero-order chi connectivity index (χ0) is 21.3. The van der Waals surface area contributed by atoms with E-state index in [2.05, 4.69) is 5.32 Å². The topological polar surface area (TPSA) is 64.6 Å². The molecule has 0 fully saturated rings. The first-order valence-electron chi connectivity index (χ1n) is 9.93. The average molecular weight is 398 g/mol. The maximum absolute atomic E-state index is 12.6. The van der Waals surface area contributed by atoms with Gasteiger partial charge in [-0.3, -0.25) is 4.79 Å². The Labute approximate surface area is 173 Å². The highest BCUT2D eigenvalue weighted by Gasteiger charge is 2.21. The second-order valence-corrected chi connectivity index (χ2v) is 8.12. The Balaban J connectivity index is 1.95. The van der Waals surface area contributed by atoms with E-state index in [1.54, 1.807) is 7.11 Å². The van der Waals surface area contributed by atoms with Gasteiger partial charge in [0.05, 0.1) is 7.11 Å². The molecule has 5 heteroatoms. The van der Waals surface area contributed by atoms with Gasteiger partial charge in [-0.05, 0) is 56.9 Å². The molecule has 0 saturated heterocycles. The van der Waals surface area contributed by atoms with Gasteiger partial charge in [-0.15, -0.1) is 0 Å².